The molecule has 1 heterocycles. The Kier molecular flexibility index (Phi) is 3.68. The highest BCUT2D eigenvalue weighted by Crippen LogP contribution is 2.35. The minimum Gasteiger partial charge on any atom is -0.310 e. The maximum Gasteiger partial charge on any atom is 0.0209 e. The van der Waals surface area contributed by atoms with Gasteiger partial charge in [-0.2, -0.15) is 0 Å². The Hall–Kier alpha value is -0.0800. The predicted molar refractivity (Wildman–Crippen MR) is 65.1 cm³/mol. The zero-order valence-corrected chi connectivity index (χ0v) is 10.5. The van der Waals surface area contributed by atoms with Crippen LogP contribution in [-0.2, 0) is 0 Å². The summed E-state index contributed by atoms with van der Waals surface area (Å²) in [6.07, 6.45) is 5.76. The summed E-state index contributed by atoms with van der Waals surface area (Å²) in [5.41, 5.74) is 0. The van der Waals surface area contributed by atoms with Crippen LogP contribution in [-0.4, -0.2) is 36.1 Å². The van der Waals surface area contributed by atoms with Gasteiger partial charge < -0.3 is 5.32 Å². The summed E-state index contributed by atoms with van der Waals surface area (Å²) in [5.74, 6) is 1.07. The third-order valence-corrected chi connectivity index (χ3v) is 3.78. The number of likely N-dealkylation sites (tertiary alicyclic amines) is 1. The van der Waals surface area contributed by atoms with Crippen molar-refractivity contribution in [1.29, 1.82) is 0 Å². The van der Waals surface area contributed by atoms with Gasteiger partial charge in [0.05, 0.1) is 0 Å². The lowest BCUT2D eigenvalue weighted by Gasteiger charge is -2.24. The zero-order chi connectivity index (χ0) is 10.8. The summed E-state index contributed by atoms with van der Waals surface area (Å²) in [6, 6.07) is 2.19. The molecule has 2 aliphatic rings. The van der Waals surface area contributed by atoms with Crippen molar-refractivity contribution in [2.24, 2.45) is 5.92 Å². The molecule has 0 aromatic heterocycles. The Morgan fingerprint density at radius 3 is 2.53 bits per heavy atom. The molecule has 1 saturated heterocycles. The van der Waals surface area contributed by atoms with E-state index in [2.05, 4.69) is 31.0 Å². The highest BCUT2D eigenvalue weighted by molar-refractivity contribution is 4.87. The van der Waals surface area contributed by atoms with Crippen LogP contribution in [0.15, 0.2) is 0 Å². The fourth-order valence-corrected chi connectivity index (χ4v) is 2.78. The molecule has 15 heavy (non-hydrogen) atoms. The zero-order valence-electron chi connectivity index (χ0n) is 10.5. The van der Waals surface area contributed by atoms with Crippen molar-refractivity contribution in [3.8, 4) is 0 Å². The van der Waals surface area contributed by atoms with Crippen LogP contribution in [0.1, 0.15) is 46.5 Å². The van der Waals surface area contributed by atoms with Crippen LogP contribution in [0, 0.1) is 5.92 Å². The van der Waals surface area contributed by atoms with Gasteiger partial charge in [-0.3, -0.25) is 4.90 Å². The largest absolute Gasteiger partial charge is 0.310 e. The second-order valence-corrected chi connectivity index (χ2v) is 5.83. The lowest BCUT2D eigenvalue weighted by molar-refractivity contribution is 0.232. The molecular formula is C13H26N2. The van der Waals surface area contributed by atoms with Gasteiger partial charge in [-0.1, -0.05) is 26.7 Å². The van der Waals surface area contributed by atoms with Crippen LogP contribution in [0.5, 0.6) is 0 Å². The molecule has 2 fully saturated rings. The summed E-state index contributed by atoms with van der Waals surface area (Å²) in [6.45, 7) is 9.48. The van der Waals surface area contributed by atoms with Gasteiger partial charge in [0.1, 0.15) is 0 Å². The average molecular weight is 210 g/mol. The Bertz CT molecular complexity index is 199. The first kappa shape index (κ1) is 11.4. The first-order chi connectivity index (χ1) is 7.15. The van der Waals surface area contributed by atoms with Gasteiger partial charge in [0.15, 0.2) is 0 Å². The fraction of sp³-hybridized carbons (Fsp3) is 1.00. The molecule has 2 unspecified atom stereocenters. The lowest BCUT2D eigenvalue weighted by atomic mass is 10.1. The van der Waals surface area contributed by atoms with E-state index in [0.29, 0.717) is 6.04 Å². The molecule has 0 bridgehead atoms. The average Bonchev–Trinajstić information content (AvgIpc) is 2.83. The van der Waals surface area contributed by atoms with Crippen molar-refractivity contribution >= 4 is 0 Å². The molecule has 0 aromatic carbocycles. The molecule has 0 radical (unpaired) electrons. The minimum absolute atomic E-state index is 0.633. The number of nitrogens with zero attached hydrogens (tertiary/aromatic N) is 1. The summed E-state index contributed by atoms with van der Waals surface area (Å²) >= 11 is 0. The van der Waals surface area contributed by atoms with Crippen LogP contribution >= 0.6 is 0 Å². The summed E-state index contributed by atoms with van der Waals surface area (Å²) in [5, 5.41) is 3.65. The molecule has 1 aliphatic carbocycles. The van der Waals surface area contributed by atoms with Gasteiger partial charge in [0.2, 0.25) is 0 Å². The van der Waals surface area contributed by atoms with Gasteiger partial charge in [-0.25, -0.2) is 0 Å². The number of rotatable bonds is 5. The third-order valence-electron chi connectivity index (χ3n) is 3.78. The summed E-state index contributed by atoms with van der Waals surface area (Å²) < 4.78 is 0. The second kappa shape index (κ2) is 4.84. The van der Waals surface area contributed by atoms with Gasteiger partial charge >= 0.3 is 0 Å². The van der Waals surface area contributed by atoms with E-state index in [0.717, 1.165) is 18.0 Å². The van der Waals surface area contributed by atoms with Crippen molar-refractivity contribution in [1.82, 2.24) is 10.2 Å². The van der Waals surface area contributed by atoms with Crippen LogP contribution in [0.3, 0.4) is 0 Å². The van der Waals surface area contributed by atoms with Crippen LogP contribution in [0.4, 0.5) is 0 Å². The summed E-state index contributed by atoms with van der Waals surface area (Å²) in [7, 11) is 0. The normalized spacial score (nSPS) is 30.0. The molecule has 2 heteroatoms. The fourth-order valence-electron chi connectivity index (χ4n) is 2.78. The van der Waals surface area contributed by atoms with E-state index < -0.39 is 0 Å². The molecule has 2 nitrogen and oxygen atoms in total. The third kappa shape index (κ3) is 3.46. The summed E-state index contributed by atoms with van der Waals surface area (Å²) in [4.78, 5) is 2.68. The van der Waals surface area contributed by atoms with Crippen molar-refractivity contribution in [3.05, 3.63) is 0 Å². The molecule has 1 saturated carbocycles. The minimum atomic E-state index is 0.633. The molecule has 0 aromatic rings. The number of hydrogen-bond donors (Lipinski definition) is 1. The van der Waals surface area contributed by atoms with Crippen molar-refractivity contribution in [2.45, 2.75) is 64.6 Å². The molecule has 1 N–H and O–H groups in total. The molecule has 88 valence electrons. The molecule has 0 spiro atoms. The lowest BCUT2D eigenvalue weighted by Crippen LogP contribution is -2.39. The Morgan fingerprint density at radius 1 is 1.20 bits per heavy atom. The van der Waals surface area contributed by atoms with Gasteiger partial charge in [-0.05, 0) is 25.7 Å². The van der Waals surface area contributed by atoms with Gasteiger partial charge in [-0.15, -0.1) is 0 Å². The first-order valence-electron chi connectivity index (χ1n) is 6.65. The topological polar surface area (TPSA) is 15.3 Å². The smallest absolute Gasteiger partial charge is 0.0209 e. The van der Waals surface area contributed by atoms with E-state index in [1.54, 1.807) is 0 Å². The highest BCUT2D eigenvalue weighted by atomic mass is 15.2. The van der Waals surface area contributed by atoms with Crippen LogP contribution < -0.4 is 5.32 Å². The quantitative estimate of drug-likeness (QED) is 0.749. The second-order valence-electron chi connectivity index (χ2n) is 5.83. The van der Waals surface area contributed by atoms with E-state index in [4.69, 9.17) is 0 Å². The van der Waals surface area contributed by atoms with E-state index in [1.807, 2.05) is 0 Å². The van der Waals surface area contributed by atoms with Crippen molar-refractivity contribution in [3.63, 3.8) is 0 Å². The Morgan fingerprint density at radius 2 is 1.93 bits per heavy atom. The Balaban J connectivity index is 1.70. The van der Waals surface area contributed by atoms with E-state index >= 15 is 0 Å². The first-order valence-corrected chi connectivity index (χ1v) is 6.65. The number of nitrogens with one attached hydrogen (secondary N) is 1. The van der Waals surface area contributed by atoms with Crippen molar-refractivity contribution < 1.29 is 0 Å². The molecule has 1 aliphatic heterocycles. The highest BCUT2D eigenvalue weighted by Gasteiger charge is 2.30. The van der Waals surface area contributed by atoms with Gasteiger partial charge in [0.25, 0.3) is 0 Å². The standard InChI is InChI=1S/C13H26N2/c1-10(2)14-13-6-7-15(9-13)11(3)8-12-4-5-12/h10-14H,4-9H2,1-3H3. The molecule has 0 amide bonds. The van der Waals surface area contributed by atoms with Gasteiger partial charge in [0, 0.05) is 31.2 Å². The van der Waals surface area contributed by atoms with Crippen molar-refractivity contribution in [2.75, 3.05) is 13.1 Å². The SMILES string of the molecule is CC(C)NC1CCN(C(C)CC2CC2)C1. The molecule has 2 atom stereocenters. The van der Waals surface area contributed by atoms with E-state index in [-0.39, 0.29) is 0 Å². The maximum absolute atomic E-state index is 3.65. The van der Waals surface area contributed by atoms with Crippen LogP contribution in [0.25, 0.3) is 0 Å². The van der Waals surface area contributed by atoms with E-state index in [9.17, 15) is 0 Å². The van der Waals surface area contributed by atoms with E-state index in [1.165, 1.54) is 38.8 Å². The van der Waals surface area contributed by atoms with Crippen LogP contribution in [0.2, 0.25) is 0 Å². The maximum atomic E-state index is 3.65. The molecule has 2 rings (SSSR count). The molecular weight excluding hydrogens is 184 g/mol. The predicted octanol–water partition coefficient (Wildman–Crippen LogP) is 2.25. The Labute approximate surface area is 94.4 Å². The number of hydrogen-bond acceptors (Lipinski definition) is 2. The monoisotopic (exact) mass is 210 g/mol.